The average Bonchev–Trinajstić information content (AvgIpc) is 2.90. The predicted molar refractivity (Wildman–Crippen MR) is 140 cm³/mol. The van der Waals surface area contributed by atoms with Crippen LogP contribution in [0.5, 0.6) is 5.75 Å². The van der Waals surface area contributed by atoms with Crippen molar-refractivity contribution < 1.29 is 27.4 Å². The summed E-state index contributed by atoms with van der Waals surface area (Å²) in [5.74, 6) is -0.306. The fourth-order valence-corrected chi connectivity index (χ4v) is 7.11. The Labute approximate surface area is 219 Å². The molecule has 1 N–H and O–H groups in total. The molecule has 1 aliphatic heterocycles. The van der Waals surface area contributed by atoms with E-state index in [2.05, 4.69) is 0 Å². The largest absolute Gasteiger partial charge is 0.487 e. The highest BCUT2D eigenvalue weighted by molar-refractivity contribution is 7.89. The van der Waals surface area contributed by atoms with Crippen molar-refractivity contribution in [3.05, 3.63) is 48.3 Å². The van der Waals surface area contributed by atoms with Crippen molar-refractivity contribution in [2.75, 3.05) is 26.7 Å². The minimum absolute atomic E-state index is 0.0109. The number of halogens is 1. The first-order valence-electron chi connectivity index (χ1n) is 13.1. The monoisotopic (exact) mass is 532 g/mol. The highest BCUT2D eigenvalue weighted by Gasteiger charge is 2.39. The van der Waals surface area contributed by atoms with E-state index in [4.69, 9.17) is 4.74 Å². The molecule has 1 fully saturated rings. The van der Waals surface area contributed by atoms with Crippen LogP contribution < -0.4 is 4.74 Å². The molecule has 37 heavy (non-hydrogen) atoms. The summed E-state index contributed by atoms with van der Waals surface area (Å²) in [5.41, 5.74) is 1.41. The zero-order chi connectivity index (χ0) is 26.7. The number of rotatable bonds is 6. The number of sulfonamides is 1. The van der Waals surface area contributed by atoms with Crippen LogP contribution in [-0.4, -0.2) is 67.5 Å². The quantitative estimate of drug-likeness (QED) is 0.600. The van der Waals surface area contributed by atoms with E-state index in [1.807, 2.05) is 6.92 Å². The third kappa shape index (κ3) is 5.99. The maximum atomic E-state index is 13.7. The number of ether oxygens (including phenoxy) is 1. The van der Waals surface area contributed by atoms with Crippen LogP contribution in [-0.2, 0) is 14.8 Å². The second kappa shape index (κ2) is 11.5. The first-order valence-corrected chi connectivity index (χ1v) is 14.5. The van der Waals surface area contributed by atoms with Gasteiger partial charge in [-0.2, -0.15) is 4.31 Å². The van der Waals surface area contributed by atoms with Gasteiger partial charge in [-0.25, -0.2) is 12.8 Å². The molecule has 7 nitrogen and oxygen atoms in total. The van der Waals surface area contributed by atoms with E-state index in [0.29, 0.717) is 12.1 Å². The smallest absolute Gasteiger partial charge is 0.247 e. The number of amides is 1. The fraction of sp³-hybridized carbons (Fsp3) is 0.536. The normalized spacial score (nSPS) is 23.3. The van der Waals surface area contributed by atoms with E-state index in [-0.39, 0.29) is 47.4 Å². The number of fused-ring (bicyclic) bond motifs is 1. The van der Waals surface area contributed by atoms with Crippen LogP contribution in [0.2, 0.25) is 0 Å². The highest BCUT2D eigenvalue weighted by atomic mass is 32.2. The zero-order valence-corrected chi connectivity index (χ0v) is 22.6. The second-order valence-corrected chi connectivity index (χ2v) is 12.3. The molecule has 1 heterocycles. The Hall–Kier alpha value is -2.49. The van der Waals surface area contributed by atoms with Gasteiger partial charge in [0.1, 0.15) is 22.6 Å². The molecule has 0 radical (unpaired) electrons. The fourth-order valence-electron chi connectivity index (χ4n) is 5.29. The summed E-state index contributed by atoms with van der Waals surface area (Å²) in [6.07, 6.45) is 4.61. The molecule has 1 aliphatic carbocycles. The van der Waals surface area contributed by atoms with Gasteiger partial charge in [-0.1, -0.05) is 44.4 Å². The summed E-state index contributed by atoms with van der Waals surface area (Å²) < 4.78 is 48.6. The molecule has 202 valence electrons. The molecule has 0 bridgehead atoms. The molecule has 2 aliphatic rings. The number of hydrogen-bond donors (Lipinski definition) is 1. The van der Waals surface area contributed by atoms with Gasteiger partial charge in [0.15, 0.2) is 0 Å². The van der Waals surface area contributed by atoms with Crippen molar-refractivity contribution in [2.24, 2.45) is 11.8 Å². The predicted octanol–water partition coefficient (Wildman–Crippen LogP) is 4.30. The summed E-state index contributed by atoms with van der Waals surface area (Å²) in [7, 11) is -2.19. The Balaban J connectivity index is 1.71. The van der Waals surface area contributed by atoms with Gasteiger partial charge < -0.3 is 14.7 Å². The standard InChI is InChI=1S/C28H37FN2O5S/c1-19-16-31(20(2)18-32)37(34,35)27-14-11-23(21-9-12-24(29)13-10-21)15-25(27)36-26(19)17-30(3)28(33)22-7-5-4-6-8-22/h9-15,19-20,22,26,32H,4-8,16-18H2,1-3H3/t19-,20+,26-/m0/s1. The lowest BCUT2D eigenvalue weighted by Crippen LogP contribution is -2.50. The first-order chi connectivity index (χ1) is 17.6. The average molecular weight is 533 g/mol. The molecule has 1 saturated carbocycles. The van der Waals surface area contributed by atoms with Crippen molar-refractivity contribution >= 4 is 15.9 Å². The molecule has 9 heteroatoms. The number of nitrogens with zero attached hydrogens (tertiary/aromatic N) is 2. The number of aliphatic hydroxyl groups excluding tert-OH is 1. The summed E-state index contributed by atoms with van der Waals surface area (Å²) in [5, 5.41) is 9.84. The number of benzene rings is 2. The van der Waals surface area contributed by atoms with Crippen molar-refractivity contribution in [2.45, 2.75) is 63.0 Å². The molecular formula is C28H37FN2O5S. The van der Waals surface area contributed by atoms with E-state index in [1.54, 1.807) is 43.1 Å². The van der Waals surface area contributed by atoms with E-state index < -0.39 is 22.2 Å². The molecule has 0 aromatic heterocycles. The van der Waals surface area contributed by atoms with Gasteiger partial charge in [-0.3, -0.25) is 4.79 Å². The molecule has 4 rings (SSSR count). The van der Waals surface area contributed by atoms with Gasteiger partial charge in [-0.15, -0.1) is 0 Å². The topological polar surface area (TPSA) is 87.2 Å². The zero-order valence-electron chi connectivity index (χ0n) is 21.8. The van der Waals surface area contributed by atoms with Gasteiger partial charge in [0.05, 0.1) is 13.2 Å². The number of carbonyl (C=O) groups is 1. The van der Waals surface area contributed by atoms with E-state index >= 15 is 0 Å². The Morgan fingerprint density at radius 1 is 1.14 bits per heavy atom. The molecule has 1 amide bonds. The molecule has 0 saturated heterocycles. The molecule has 3 atom stereocenters. The Kier molecular flexibility index (Phi) is 8.56. The summed E-state index contributed by atoms with van der Waals surface area (Å²) in [6.45, 7) is 3.73. The van der Waals surface area contributed by atoms with Crippen molar-refractivity contribution in [1.82, 2.24) is 9.21 Å². The maximum Gasteiger partial charge on any atom is 0.247 e. The SMILES string of the molecule is C[C@H](CO)N1C[C@H](C)[C@H](CN(C)C(=O)C2CCCCC2)Oc2cc(-c3ccc(F)cc3)ccc2S1(=O)=O. The summed E-state index contributed by atoms with van der Waals surface area (Å²) in [4.78, 5) is 14.9. The molecular weight excluding hydrogens is 495 g/mol. The molecule has 0 spiro atoms. The van der Waals surface area contributed by atoms with Crippen LogP contribution in [0.25, 0.3) is 11.1 Å². The van der Waals surface area contributed by atoms with E-state index in [0.717, 1.165) is 37.7 Å². The van der Waals surface area contributed by atoms with Gasteiger partial charge in [0.25, 0.3) is 0 Å². The summed E-state index contributed by atoms with van der Waals surface area (Å²) >= 11 is 0. The highest BCUT2D eigenvalue weighted by Crippen LogP contribution is 2.37. The maximum absolute atomic E-state index is 13.7. The van der Waals surface area contributed by atoms with E-state index in [9.17, 15) is 22.7 Å². The number of carbonyl (C=O) groups excluding carboxylic acids is 1. The minimum Gasteiger partial charge on any atom is -0.487 e. The van der Waals surface area contributed by atoms with Crippen molar-refractivity contribution in [3.8, 4) is 16.9 Å². The Morgan fingerprint density at radius 3 is 2.43 bits per heavy atom. The lowest BCUT2D eigenvalue weighted by molar-refractivity contribution is -0.136. The van der Waals surface area contributed by atoms with Crippen LogP contribution in [0.4, 0.5) is 4.39 Å². The van der Waals surface area contributed by atoms with Crippen LogP contribution in [0.1, 0.15) is 46.0 Å². The van der Waals surface area contributed by atoms with Crippen LogP contribution in [0.15, 0.2) is 47.4 Å². The van der Waals surface area contributed by atoms with Crippen LogP contribution in [0.3, 0.4) is 0 Å². The first kappa shape index (κ1) is 27.5. The van der Waals surface area contributed by atoms with Gasteiger partial charge in [0.2, 0.25) is 15.9 Å². The third-order valence-electron chi connectivity index (χ3n) is 7.63. The van der Waals surface area contributed by atoms with Crippen LogP contribution >= 0.6 is 0 Å². The minimum atomic E-state index is -3.97. The third-order valence-corrected chi connectivity index (χ3v) is 9.65. The van der Waals surface area contributed by atoms with Crippen molar-refractivity contribution in [3.63, 3.8) is 0 Å². The lowest BCUT2D eigenvalue weighted by Gasteiger charge is -2.38. The summed E-state index contributed by atoms with van der Waals surface area (Å²) in [6, 6.07) is 10.2. The van der Waals surface area contributed by atoms with Gasteiger partial charge in [0, 0.05) is 31.5 Å². The number of aliphatic hydroxyl groups is 1. The number of hydrogen-bond acceptors (Lipinski definition) is 5. The van der Waals surface area contributed by atoms with E-state index in [1.165, 1.54) is 22.5 Å². The van der Waals surface area contributed by atoms with Crippen molar-refractivity contribution in [1.29, 1.82) is 0 Å². The number of likely N-dealkylation sites (N-methyl/N-ethyl adjacent to an activating group) is 1. The van der Waals surface area contributed by atoms with Gasteiger partial charge in [-0.05, 0) is 55.2 Å². The lowest BCUT2D eigenvalue weighted by atomic mass is 9.88. The Morgan fingerprint density at radius 2 is 1.78 bits per heavy atom. The van der Waals surface area contributed by atoms with Gasteiger partial charge >= 0.3 is 0 Å². The molecule has 0 unspecified atom stereocenters. The molecule has 2 aromatic rings. The molecule has 2 aromatic carbocycles. The Bertz CT molecular complexity index is 1200. The second-order valence-electron chi connectivity index (χ2n) is 10.5. The van der Waals surface area contributed by atoms with Crippen LogP contribution in [0, 0.1) is 17.7 Å².